The maximum Gasteiger partial charge on any atom is 0.270 e. The highest BCUT2D eigenvalue weighted by atomic mass is 35.5. The van der Waals surface area contributed by atoms with Crippen molar-refractivity contribution in [3.8, 4) is 5.75 Å². The lowest BCUT2D eigenvalue weighted by Gasteiger charge is -2.28. The van der Waals surface area contributed by atoms with Gasteiger partial charge in [-0.1, -0.05) is 41.9 Å². The fourth-order valence-corrected chi connectivity index (χ4v) is 3.62. The van der Waals surface area contributed by atoms with Gasteiger partial charge in [-0.05, 0) is 72.4 Å². The van der Waals surface area contributed by atoms with E-state index < -0.39 is 11.8 Å². The summed E-state index contributed by atoms with van der Waals surface area (Å²) in [5.41, 5.74) is 1.62. The van der Waals surface area contributed by atoms with Gasteiger partial charge in [0, 0.05) is 10.7 Å². The molecule has 1 aliphatic rings. The lowest BCUT2D eigenvalue weighted by atomic mass is 10.1. The van der Waals surface area contributed by atoms with Gasteiger partial charge in [0.1, 0.15) is 11.3 Å². The molecule has 0 atom stereocenters. The van der Waals surface area contributed by atoms with Gasteiger partial charge >= 0.3 is 0 Å². The molecule has 0 unspecified atom stereocenters. The van der Waals surface area contributed by atoms with Crippen LogP contribution in [0.1, 0.15) is 5.56 Å². The number of hydrogen-bond acceptors (Lipinski definition) is 5. The molecule has 1 aliphatic heterocycles. The van der Waals surface area contributed by atoms with Gasteiger partial charge in [0.2, 0.25) is 0 Å². The van der Waals surface area contributed by atoms with Crippen molar-refractivity contribution in [1.29, 1.82) is 0 Å². The number of para-hydroxylation sites is 1. The van der Waals surface area contributed by atoms with Crippen molar-refractivity contribution < 1.29 is 19.1 Å². The highest BCUT2D eigenvalue weighted by Crippen LogP contribution is 2.23. The summed E-state index contributed by atoms with van der Waals surface area (Å²) in [7, 11) is 0. The molecule has 0 bridgehead atoms. The second-order valence-corrected chi connectivity index (χ2v) is 8.03. The molecular weight excluding hydrogens is 474 g/mol. The first-order chi connectivity index (χ1) is 16.4. The summed E-state index contributed by atoms with van der Waals surface area (Å²) in [6, 6.07) is 22.2. The molecule has 0 aliphatic carbocycles. The maximum atomic E-state index is 13.1. The lowest BCUT2D eigenvalue weighted by molar-refractivity contribution is -0.122. The molecule has 2 N–H and O–H groups in total. The second kappa shape index (κ2) is 10.3. The Kier molecular flexibility index (Phi) is 7.01. The number of nitrogens with zero attached hydrogens (tertiary/aromatic N) is 1. The number of halogens is 1. The molecule has 1 saturated heterocycles. The van der Waals surface area contributed by atoms with Crippen LogP contribution in [0.15, 0.2) is 84.4 Å². The number of hydrogen-bond donors (Lipinski definition) is 2. The summed E-state index contributed by atoms with van der Waals surface area (Å²) in [5.74, 6) is -1.07. The van der Waals surface area contributed by atoms with Gasteiger partial charge in [-0.3, -0.25) is 24.6 Å². The van der Waals surface area contributed by atoms with Crippen molar-refractivity contribution in [2.24, 2.45) is 0 Å². The number of thiocarbonyl (C=S) groups is 1. The number of amides is 3. The van der Waals surface area contributed by atoms with E-state index in [1.165, 1.54) is 11.0 Å². The van der Waals surface area contributed by atoms with E-state index in [-0.39, 0.29) is 23.2 Å². The van der Waals surface area contributed by atoms with Crippen molar-refractivity contribution in [3.63, 3.8) is 0 Å². The fraction of sp³-hybridized carbons (Fsp3) is 0.0400. The average Bonchev–Trinajstić information content (AvgIpc) is 2.83. The zero-order valence-electron chi connectivity index (χ0n) is 17.7. The average molecular weight is 492 g/mol. The molecule has 4 rings (SSSR count). The van der Waals surface area contributed by atoms with Gasteiger partial charge in [-0.15, -0.1) is 0 Å². The Labute approximate surface area is 206 Å². The molecule has 0 aromatic heterocycles. The molecule has 3 amide bonds. The number of rotatable bonds is 6. The van der Waals surface area contributed by atoms with Crippen LogP contribution in [-0.2, 0) is 14.4 Å². The first-order valence-corrected chi connectivity index (χ1v) is 10.9. The molecule has 170 valence electrons. The van der Waals surface area contributed by atoms with Crippen molar-refractivity contribution in [2.45, 2.75) is 0 Å². The molecule has 9 heteroatoms. The third-order valence-corrected chi connectivity index (χ3v) is 5.32. The number of ether oxygens (including phenoxy) is 1. The number of anilines is 2. The van der Waals surface area contributed by atoms with Crippen LogP contribution >= 0.6 is 23.8 Å². The van der Waals surface area contributed by atoms with E-state index >= 15 is 0 Å². The van der Waals surface area contributed by atoms with Gasteiger partial charge in [0.05, 0.1) is 5.69 Å². The van der Waals surface area contributed by atoms with Crippen LogP contribution in [0, 0.1) is 0 Å². The Morgan fingerprint density at radius 1 is 1.03 bits per heavy atom. The predicted molar refractivity (Wildman–Crippen MR) is 135 cm³/mol. The molecule has 7 nitrogen and oxygen atoms in total. The Hall–Kier alpha value is -4.01. The topological polar surface area (TPSA) is 87.7 Å². The first-order valence-electron chi connectivity index (χ1n) is 10.2. The van der Waals surface area contributed by atoms with E-state index in [1.807, 2.05) is 6.07 Å². The minimum atomic E-state index is -0.587. The standard InChI is InChI=1S/C25H18ClN3O4S/c26-17-9-11-18(12-10-17)27-22(30)15-33-20-8-4-5-16(13-20)14-21-23(31)28-25(34)29(24(21)32)19-6-2-1-3-7-19/h1-14H,15H2,(H,27,30)(H,28,31,34)/b21-14-. The van der Waals surface area contributed by atoms with Gasteiger partial charge in [0.25, 0.3) is 17.7 Å². The smallest absolute Gasteiger partial charge is 0.270 e. The zero-order valence-corrected chi connectivity index (χ0v) is 19.2. The SMILES string of the molecule is O=C(COc1cccc(/C=C2/C(=O)NC(=S)N(c3ccccc3)C2=O)c1)Nc1ccc(Cl)cc1. The molecule has 3 aromatic carbocycles. The minimum Gasteiger partial charge on any atom is -0.484 e. The van der Waals surface area contributed by atoms with Crippen LogP contribution in [0.5, 0.6) is 5.75 Å². The second-order valence-electron chi connectivity index (χ2n) is 7.21. The molecule has 1 heterocycles. The summed E-state index contributed by atoms with van der Waals surface area (Å²) in [4.78, 5) is 39.0. The minimum absolute atomic E-state index is 0.0159. The molecule has 34 heavy (non-hydrogen) atoms. The van der Waals surface area contributed by atoms with E-state index in [4.69, 9.17) is 28.6 Å². The summed E-state index contributed by atoms with van der Waals surface area (Å²) < 4.78 is 5.57. The van der Waals surface area contributed by atoms with Gasteiger partial charge in [0.15, 0.2) is 11.7 Å². The van der Waals surface area contributed by atoms with Gasteiger partial charge in [-0.25, -0.2) is 0 Å². The summed E-state index contributed by atoms with van der Waals surface area (Å²) in [6.45, 7) is -0.224. The Morgan fingerprint density at radius 2 is 1.76 bits per heavy atom. The van der Waals surface area contributed by atoms with Crippen LogP contribution in [0.3, 0.4) is 0 Å². The summed E-state index contributed by atoms with van der Waals surface area (Å²) >= 11 is 11.0. The van der Waals surface area contributed by atoms with E-state index in [9.17, 15) is 14.4 Å². The van der Waals surface area contributed by atoms with Gasteiger partial charge < -0.3 is 10.1 Å². The highest BCUT2D eigenvalue weighted by molar-refractivity contribution is 7.80. The summed E-state index contributed by atoms with van der Waals surface area (Å²) in [6.07, 6.45) is 1.45. The monoisotopic (exact) mass is 491 g/mol. The number of carbonyl (C=O) groups excluding carboxylic acids is 3. The van der Waals surface area contributed by atoms with Crippen LogP contribution in [0.2, 0.25) is 5.02 Å². The molecule has 0 radical (unpaired) electrons. The van der Waals surface area contributed by atoms with Crippen LogP contribution < -0.4 is 20.3 Å². The third kappa shape index (κ3) is 5.48. The third-order valence-electron chi connectivity index (χ3n) is 4.78. The molecule has 0 saturated carbocycles. The van der Waals surface area contributed by atoms with Crippen molar-refractivity contribution in [1.82, 2.24) is 5.32 Å². The Balaban J connectivity index is 1.47. The lowest BCUT2D eigenvalue weighted by Crippen LogP contribution is -2.54. The maximum absolute atomic E-state index is 13.1. The van der Waals surface area contributed by atoms with E-state index in [1.54, 1.807) is 72.8 Å². The van der Waals surface area contributed by atoms with Crippen LogP contribution in [0.4, 0.5) is 11.4 Å². The Morgan fingerprint density at radius 3 is 2.50 bits per heavy atom. The zero-order chi connectivity index (χ0) is 24.1. The Bertz CT molecular complexity index is 1290. The largest absolute Gasteiger partial charge is 0.484 e. The van der Waals surface area contributed by atoms with Crippen LogP contribution in [-0.4, -0.2) is 29.4 Å². The predicted octanol–water partition coefficient (Wildman–Crippen LogP) is 4.19. The molecule has 0 spiro atoms. The number of benzene rings is 3. The molecule has 3 aromatic rings. The van der Waals surface area contributed by atoms with Crippen molar-refractivity contribution in [3.05, 3.63) is 95.0 Å². The van der Waals surface area contributed by atoms with Gasteiger partial charge in [-0.2, -0.15) is 0 Å². The molecular formula is C25H18ClN3O4S. The number of nitrogens with one attached hydrogen (secondary N) is 2. The molecule has 1 fully saturated rings. The fourth-order valence-electron chi connectivity index (χ4n) is 3.21. The number of carbonyl (C=O) groups is 3. The van der Waals surface area contributed by atoms with E-state index in [0.717, 1.165) is 0 Å². The quantitative estimate of drug-likeness (QED) is 0.307. The van der Waals surface area contributed by atoms with Crippen molar-refractivity contribution >= 4 is 64.1 Å². The van der Waals surface area contributed by atoms with Crippen molar-refractivity contribution in [2.75, 3.05) is 16.8 Å². The summed E-state index contributed by atoms with van der Waals surface area (Å²) in [5, 5.41) is 5.84. The first kappa shape index (κ1) is 23.2. The van der Waals surface area contributed by atoms with E-state index in [2.05, 4.69) is 10.6 Å². The van der Waals surface area contributed by atoms with E-state index in [0.29, 0.717) is 27.7 Å². The van der Waals surface area contributed by atoms with Crippen LogP contribution in [0.25, 0.3) is 6.08 Å². The highest BCUT2D eigenvalue weighted by Gasteiger charge is 2.34. The normalized spacial score (nSPS) is 14.7.